The number of sulfonamides is 1. The van der Waals surface area contributed by atoms with Crippen LogP contribution >= 0.6 is 22.9 Å². The first-order valence-corrected chi connectivity index (χ1v) is 25.3. The minimum absolute atomic E-state index is 0.0122. The Hall–Kier alpha value is -3.86. The number of aliphatic hydroxyl groups is 1. The lowest BCUT2D eigenvalue weighted by molar-refractivity contribution is -0.140. The van der Waals surface area contributed by atoms with E-state index in [0.29, 0.717) is 43.3 Å². The Kier molecular flexibility index (Phi) is 13.9. The summed E-state index contributed by atoms with van der Waals surface area (Å²) in [6.45, 7) is 10.9. The topological polar surface area (TPSA) is 190 Å². The van der Waals surface area contributed by atoms with E-state index in [1.807, 2.05) is 12.2 Å². The molecular formula is C46H63ClN6O8S2. The number of allylic oxidation sites excluding steroid dienone is 2. The van der Waals surface area contributed by atoms with Gasteiger partial charge in [-0.05, 0) is 123 Å². The van der Waals surface area contributed by atoms with E-state index < -0.39 is 67.7 Å². The fourth-order valence-electron chi connectivity index (χ4n) is 9.24. The second-order valence-electron chi connectivity index (χ2n) is 19.7. The Bertz CT molecular complexity index is 2340. The van der Waals surface area contributed by atoms with E-state index in [2.05, 4.69) is 57.0 Å². The lowest BCUT2D eigenvalue weighted by Gasteiger charge is -2.30. The van der Waals surface area contributed by atoms with Crippen LogP contribution in [-0.2, 0) is 29.1 Å². The second-order valence-corrected chi connectivity index (χ2v) is 23.1. The van der Waals surface area contributed by atoms with Crippen molar-refractivity contribution < 1.29 is 37.4 Å². The highest BCUT2D eigenvalue weighted by molar-refractivity contribution is 7.91. The molecule has 5 aliphatic rings. The number of ether oxygens (including phenoxy) is 1. The number of Topliss-reactive ketones (excluding diaryl/α,β-unsaturated/α-hetero) is 1. The van der Waals surface area contributed by atoms with Crippen LogP contribution in [0.1, 0.15) is 149 Å². The number of nitrogens with one attached hydrogen (secondary N) is 2. The zero-order valence-electron chi connectivity index (χ0n) is 37.3. The van der Waals surface area contributed by atoms with Crippen LogP contribution in [0.25, 0.3) is 21.6 Å². The SMILES string of the molecule is CC(C)(C)OC(=O)N[C@H]1CCCCC/C=C\[C@@H]2C[C@@]2(C(=O)NS(=O)(=O)C2(C)CC2)CC(=O)[C@@H]2C[C@@H](O)CN2C1=O.CC(C)n1c(Cl)nc2c(-c3nc(C4CCCC4)cs3)cccc21. The van der Waals surface area contributed by atoms with Crippen molar-refractivity contribution in [2.24, 2.45) is 11.3 Å². The maximum absolute atomic E-state index is 13.7. The van der Waals surface area contributed by atoms with Crippen LogP contribution in [0.2, 0.25) is 5.28 Å². The number of aliphatic hydroxyl groups excluding tert-OH is 1. The summed E-state index contributed by atoms with van der Waals surface area (Å²) >= 11 is 8.09. The number of nitrogens with zero attached hydrogens (tertiary/aromatic N) is 4. The molecule has 4 heterocycles. The zero-order chi connectivity index (χ0) is 45.5. The van der Waals surface area contributed by atoms with Gasteiger partial charge in [-0.2, -0.15) is 0 Å². The summed E-state index contributed by atoms with van der Waals surface area (Å²) in [6, 6.07) is 4.63. The van der Waals surface area contributed by atoms with Crippen molar-refractivity contribution in [1.29, 1.82) is 0 Å². The number of rotatable bonds is 7. The quantitative estimate of drug-likeness (QED) is 0.194. The molecule has 0 spiro atoms. The number of thiazole rings is 1. The summed E-state index contributed by atoms with van der Waals surface area (Å²) in [4.78, 5) is 64.2. The Balaban J connectivity index is 0.000000217. The molecule has 344 valence electrons. The summed E-state index contributed by atoms with van der Waals surface area (Å²) in [5.41, 5.74) is 2.41. The van der Waals surface area contributed by atoms with Crippen LogP contribution in [0.4, 0.5) is 4.79 Å². The molecule has 2 aliphatic heterocycles. The maximum atomic E-state index is 13.7. The molecule has 3 saturated carbocycles. The number of ketones is 1. The number of aromatic nitrogens is 3. The number of carbonyl (C=O) groups excluding carboxylic acids is 4. The molecule has 3 N–H and O–H groups in total. The number of halogens is 1. The minimum atomic E-state index is -3.89. The molecule has 8 rings (SSSR count). The molecule has 0 unspecified atom stereocenters. The number of alkyl carbamates (subject to hydrolysis) is 1. The minimum Gasteiger partial charge on any atom is -0.444 e. The van der Waals surface area contributed by atoms with Gasteiger partial charge < -0.3 is 24.6 Å². The zero-order valence-corrected chi connectivity index (χ0v) is 39.7. The molecule has 3 aromatic rings. The van der Waals surface area contributed by atoms with E-state index in [1.165, 1.54) is 36.3 Å². The molecule has 1 saturated heterocycles. The van der Waals surface area contributed by atoms with Crippen LogP contribution in [0.5, 0.6) is 0 Å². The largest absolute Gasteiger partial charge is 0.444 e. The van der Waals surface area contributed by atoms with Crippen LogP contribution in [0.15, 0.2) is 35.7 Å². The first-order valence-electron chi connectivity index (χ1n) is 22.6. The standard InChI is InChI=1S/C28H43N3O8S.C18H20ClN3S/c1-26(2,3)39-25(36)29-20-11-9-7-5-6-8-10-18-15-28(18,24(35)30-40(37,38)27(4)12-13-27)16-22(33)21-14-19(32)17-31(21)23(20)34;1-11(2)22-15-9-5-8-13(16(15)21-18(22)19)17-20-14(10-23-17)12-6-3-4-7-12/h8,10,18-21,32H,5-7,9,11-17H2,1-4H3,(H,29,36)(H,30,35);5,8-12H,3-4,6-7H2,1-2H3/b10-8-;/t18-,19-,20+,21+,28-;/m1./s1. The van der Waals surface area contributed by atoms with Crippen LogP contribution in [0.3, 0.4) is 0 Å². The number of fused-ring (bicyclic) bond motifs is 3. The smallest absolute Gasteiger partial charge is 0.408 e. The Morgan fingerprint density at radius 2 is 1.76 bits per heavy atom. The van der Waals surface area contributed by atoms with Gasteiger partial charge in [-0.15, -0.1) is 11.3 Å². The third-order valence-corrected chi connectivity index (χ3v) is 16.6. The Morgan fingerprint density at radius 1 is 1.05 bits per heavy atom. The van der Waals surface area contributed by atoms with Crippen molar-refractivity contribution in [3.8, 4) is 10.6 Å². The number of benzene rings is 1. The second kappa shape index (κ2) is 18.6. The van der Waals surface area contributed by atoms with Crippen molar-refractivity contribution in [2.45, 2.75) is 172 Å². The molecule has 2 aromatic heterocycles. The van der Waals surface area contributed by atoms with E-state index in [4.69, 9.17) is 21.3 Å². The first-order chi connectivity index (χ1) is 29.7. The molecule has 3 aliphatic carbocycles. The average Bonchev–Trinajstić information content (AvgIpc) is 3.69. The van der Waals surface area contributed by atoms with Crippen LogP contribution in [-0.4, -0.2) is 91.7 Å². The van der Waals surface area contributed by atoms with Gasteiger partial charge in [0.2, 0.25) is 27.1 Å². The highest BCUT2D eigenvalue weighted by Crippen LogP contribution is 2.57. The third-order valence-electron chi connectivity index (χ3n) is 13.3. The highest BCUT2D eigenvalue weighted by atomic mass is 35.5. The van der Waals surface area contributed by atoms with Crippen molar-refractivity contribution in [3.05, 3.63) is 46.7 Å². The van der Waals surface area contributed by atoms with Gasteiger partial charge >= 0.3 is 6.09 Å². The molecule has 3 amide bonds. The lowest BCUT2D eigenvalue weighted by Crippen LogP contribution is -2.53. The van der Waals surface area contributed by atoms with Gasteiger partial charge in [0, 0.05) is 42.3 Å². The van der Waals surface area contributed by atoms with Crippen molar-refractivity contribution in [2.75, 3.05) is 6.54 Å². The van der Waals surface area contributed by atoms with Gasteiger partial charge in [-0.3, -0.25) is 19.1 Å². The first kappa shape index (κ1) is 47.1. The van der Waals surface area contributed by atoms with Crippen LogP contribution in [0, 0.1) is 11.3 Å². The molecular weight excluding hydrogens is 864 g/mol. The summed E-state index contributed by atoms with van der Waals surface area (Å²) in [6.07, 6.45) is 11.8. The summed E-state index contributed by atoms with van der Waals surface area (Å²) in [5, 5.41) is 16.9. The average molecular weight is 928 g/mol. The summed E-state index contributed by atoms with van der Waals surface area (Å²) < 4.78 is 34.4. The monoisotopic (exact) mass is 926 g/mol. The van der Waals surface area contributed by atoms with Gasteiger partial charge in [0.1, 0.15) is 22.2 Å². The van der Waals surface area contributed by atoms with E-state index in [-0.39, 0.29) is 31.3 Å². The molecule has 63 heavy (non-hydrogen) atoms. The van der Waals surface area contributed by atoms with Gasteiger partial charge in [-0.1, -0.05) is 43.9 Å². The van der Waals surface area contributed by atoms with E-state index in [0.717, 1.165) is 40.9 Å². The molecule has 14 nitrogen and oxygen atoms in total. The van der Waals surface area contributed by atoms with E-state index >= 15 is 0 Å². The molecule has 5 atom stereocenters. The normalized spacial score (nSPS) is 27.1. The number of carbonyl (C=O) groups is 4. The fourth-order valence-corrected chi connectivity index (χ4v) is 11.9. The predicted octanol–water partition coefficient (Wildman–Crippen LogP) is 8.38. The van der Waals surface area contributed by atoms with Crippen molar-refractivity contribution in [3.63, 3.8) is 0 Å². The van der Waals surface area contributed by atoms with Gasteiger partial charge in [0.25, 0.3) is 0 Å². The number of imidazole rings is 1. The Labute approximate surface area is 380 Å². The van der Waals surface area contributed by atoms with Crippen molar-refractivity contribution in [1.82, 2.24) is 29.5 Å². The number of hydrogen-bond donors (Lipinski definition) is 3. The van der Waals surface area contributed by atoms with Gasteiger partial charge in [-0.25, -0.2) is 23.2 Å². The molecule has 0 bridgehead atoms. The summed E-state index contributed by atoms with van der Waals surface area (Å²) in [7, 11) is -3.89. The lowest BCUT2D eigenvalue weighted by atomic mass is 9.91. The predicted molar refractivity (Wildman–Crippen MR) is 244 cm³/mol. The maximum Gasteiger partial charge on any atom is 0.408 e. The van der Waals surface area contributed by atoms with Crippen LogP contribution < -0.4 is 10.0 Å². The third kappa shape index (κ3) is 10.5. The van der Waals surface area contributed by atoms with Gasteiger partial charge in [0.05, 0.1) is 33.5 Å². The highest BCUT2D eigenvalue weighted by Gasteiger charge is 2.62. The van der Waals surface area contributed by atoms with E-state index in [9.17, 15) is 32.7 Å². The molecule has 17 heteroatoms. The molecule has 0 radical (unpaired) electrons. The van der Waals surface area contributed by atoms with Gasteiger partial charge in [0.15, 0.2) is 5.78 Å². The number of amides is 3. The molecule has 1 aromatic carbocycles. The number of hydrogen-bond acceptors (Lipinski definition) is 11. The summed E-state index contributed by atoms with van der Waals surface area (Å²) in [5.74, 6) is -1.22. The molecule has 4 fully saturated rings. The Morgan fingerprint density at radius 3 is 2.44 bits per heavy atom. The number of para-hydroxylation sites is 1. The van der Waals surface area contributed by atoms with E-state index in [1.54, 1.807) is 39.0 Å². The van der Waals surface area contributed by atoms with Crippen molar-refractivity contribution >= 4 is 67.7 Å². The fraction of sp³-hybridized carbons (Fsp3) is 0.652.